The second-order valence-electron chi connectivity index (χ2n) is 3.77. The predicted molar refractivity (Wildman–Crippen MR) is 77.1 cm³/mol. The third-order valence-corrected chi connectivity index (χ3v) is 3.26. The number of hydrogen-bond acceptors (Lipinski definition) is 4. The van der Waals surface area contributed by atoms with E-state index < -0.39 is 0 Å². The Labute approximate surface area is 111 Å². The molecule has 0 heterocycles. The molecule has 0 saturated carbocycles. The van der Waals surface area contributed by atoms with Crippen molar-refractivity contribution in [3.63, 3.8) is 0 Å². The molecule has 0 atom stereocenters. The largest absolute Gasteiger partial charge is 0.398 e. The molecule has 0 aliphatic heterocycles. The highest BCUT2D eigenvalue weighted by Gasteiger charge is 2.01. The Morgan fingerprint density at radius 1 is 1.17 bits per heavy atom. The molecule has 2 aromatic carbocycles. The number of thioether (sulfide) groups is 1. The van der Waals surface area contributed by atoms with Crippen LogP contribution in [0.5, 0.6) is 0 Å². The average molecular weight is 255 g/mol. The minimum Gasteiger partial charge on any atom is -0.398 e. The summed E-state index contributed by atoms with van der Waals surface area (Å²) in [7, 11) is 0. The SMILES string of the molecule is CSc1cccc(Nc2ccc(N)c(C#N)c2)c1. The highest BCUT2D eigenvalue weighted by Crippen LogP contribution is 2.24. The van der Waals surface area contributed by atoms with Crippen LogP contribution in [-0.2, 0) is 0 Å². The molecule has 0 fully saturated rings. The van der Waals surface area contributed by atoms with Gasteiger partial charge >= 0.3 is 0 Å². The molecular formula is C14H13N3S. The molecule has 3 N–H and O–H groups in total. The Balaban J connectivity index is 2.26. The molecule has 0 aromatic heterocycles. The van der Waals surface area contributed by atoms with E-state index in [-0.39, 0.29) is 0 Å². The molecule has 2 aromatic rings. The summed E-state index contributed by atoms with van der Waals surface area (Å²) in [4.78, 5) is 1.19. The minimum atomic E-state index is 0.487. The van der Waals surface area contributed by atoms with Crippen molar-refractivity contribution in [3.8, 4) is 6.07 Å². The van der Waals surface area contributed by atoms with E-state index in [0.717, 1.165) is 11.4 Å². The zero-order chi connectivity index (χ0) is 13.0. The highest BCUT2D eigenvalue weighted by molar-refractivity contribution is 7.98. The number of benzene rings is 2. The van der Waals surface area contributed by atoms with Gasteiger partial charge in [0.25, 0.3) is 0 Å². The Morgan fingerprint density at radius 3 is 2.67 bits per heavy atom. The predicted octanol–water partition coefficient (Wildman–Crippen LogP) is 3.61. The van der Waals surface area contributed by atoms with Crippen molar-refractivity contribution < 1.29 is 0 Å². The molecule has 0 amide bonds. The zero-order valence-electron chi connectivity index (χ0n) is 9.97. The van der Waals surface area contributed by atoms with Crippen LogP contribution in [0.25, 0.3) is 0 Å². The van der Waals surface area contributed by atoms with E-state index in [4.69, 9.17) is 11.0 Å². The Bertz CT molecular complexity index is 602. The van der Waals surface area contributed by atoms with E-state index in [1.807, 2.05) is 24.5 Å². The molecule has 2 rings (SSSR count). The van der Waals surface area contributed by atoms with E-state index in [1.54, 1.807) is 23.9 Å². The van der Waals surface area contributed by atoms with Gasteiger partial charge in [-0.05, 0) is 42.7 Å². The molecule has 0 radical (unpaired) electrons. The number of nitrogen functional groups attached to an aromatic ring is 1. The summed E-state index contributed by atoms with van der Waals surface area (Å²) in [5.74, 6) is 0. The van der Waals surface area contributed by atoms with Crippen LogP contribution < -0.4 is 11.1 Å². The van der Waals surface area contributed by atoms with Gasteiger partial charge in [-0.25, -0.2) is 0 Å². The summed E-state index contributed by atoms with van der Waals surface area (Å²) in [6.07, 6.45) is 2.04. The monoisotopic (exact) mass is 255 g/mol. The number of rotatable bonds is 3. The van der Waals surface area contributed by atoms with Crippen molar-refractivity contribution in [3.05, 3.63) is 48.0 Å². The molecule has 18 heavy (non-hydrogen) atoms. The van der Waals surface area contributed by atoms with Crippen molar-refractivity contribution in [2.45, 2.75) is 4.90 Å². The van der Waals surface area contributed by atoms with Crippen molar-refractivity contribution in [1.82, 2.24) is 0 Å². The maximum atomic E-state index is 8.93. The summed E-state index contributed by atoms with van der Waals surface area (Å²) in [5.41, 5.74) is 8.53. The second-order valence-corrected chi connectivity index (χ2v) is 4.65. The van der Waals surface area contributed by atoms with Crippen LogP contribution in [0.15, 0.2) is 47.4 Å². The van der Waals surface area contributed by atoms with Gasteiger partial charge in [-0.2, -0.15) is 5.26 Å². The van der Waals surface area contributed by atoms with Crippen LogP contribution in [0.3, 0.4) is 0 Å². The zero-order valence-corrected chi connectivity index (χ0v) is 10.8. The van der Waals surface area contributed by atoms with Crippen LogP contribution in [-0.4, -0.2) is 6.26 Å². The Hall–Kier alpha value is -2.12. The maximum Gasteiger partial charge on any atom is 0.101 e. The minimum absolute atomic E-state index is 0.487. The second kappa shape index (κ2) is 5.48. The van der Waals surface area contributed by atoms with E-state index in [2.05, 4.69) is 23.5 Å². The standard InChI is InChI=1S/C14H13N3S/c1-18-13-4-2-3-11(8-13)17-12-5-6-14(16)10(7-12)9-15/h2-8,17H,16H2,1H3. The van der Waals surface area contributed by atoms with Gasteiger partial charge in [0.2, 0.25) is 0 Å². The first-order valence-electron chi connectivity index (χ1n) is 5.43. The Morgan fingerprint density at radius 2 is 1.94 bits per heavy atom. The lowest BCUT2D eigenvalue weighted by molar-refractivity contribution is 1.43. The molecule has 0 bridgehead atoms. The molecule has 0 aliphatic rings. The lowest BCUT2D eigenvalue weighted by Crippen LogP contribution is -1.94. The highest BCUT2D eigenvalue weighted by atomic mass is 32.2. The van der Waals surface area contributed by atoms with E-state index in [1.165, 1.54) is 4.90 Å². The summed E-state index contributed by atoms with van der Waals surface area (Å²) in [6, 6.07) is 15.5. The third-order valence-electron chi connectivity index (χ3n) is 2.53. The summed E-state index contributed by atoms with van der Waals surface area (Å²) in [6.45, 7) is 0. The molecule has 0 spiro atoms. The van der Waals surface area contributed by atoms with E-state index in [9.17, 15) is 0 Å². The van der Waals surface area contributed by atoms with Gasteiger partial charge in [0.15, 0.2) is 0 Å². The van der Waals surface area contributed by atoms with Crippen LogP contribution >= 0.6 is 11.8 Å². The van der Waals surface area contributed by atoms with Gasteiger partial charge in [-0.15, -0.1) is 11.8 Å². The first-order chi connectivity index (χ1) is 8.72. The lowest BCUT2D eigenvalue weighted by Gasteiger charge is -2.08. The van der Waals surface area contributed by atoms with Crippen LogP contribution in [0, 0.1) is 11.3 Å². The fourth-order valence-corrected chi connectivity index (χ4v) is 2.06. The van der Waals surface area contributed by atoms with E-state index in [0.29, 0.717) is 11.3 Å². The van der Waals surface area contributed by atoms with Crippen molar-refractivity contribution >= 4 is 28.8 Å². The normalized spacial score (nSPS) is 9.78. The number of nitriles is 1. The van der Waals surface area contributed by atoms with Crippen LogP contribution in [0.1, 0.15) is 5.56 Å². The molecule has 0 aliphatic carbocycles. The molecule has 0 unspecified atom stereocenters. The van der Waals surface area contributed by atoms with Gasteiger partial charge in [-0.1, -0.05) is 6.07 Å². The fraction of sp³-hybridized carbons (Fsp3) is 0.0714. The molecule has 4 heteroatoms. The van der Waals surface area contributed by atoms with Gasteiger partial charge in [0.05, 0.1) is 5.56 Å². The van der Waals surface area contributed by atoms with Crippen LogP contribution in [0.2, 0.25) is 0 Å². The summed E-state index contributed by atoms with van der Waals surface area (Å²) < 4.78 is 0. The summed E-state index contributed by atoms with van der Waals surface area (Å²) in [5, 5.41) is 12.2. The number of nitrogens with zero attached hydrogens (tertiary/aromatic N) is 1. The van der Waals surface area contributed by atoms with Crippen molar-refractivity contribution in [1.29, 1.82) is 5.26 Å². The molecular weight excluding hydrogens is 242 g/mol. The van der Waals surface area contributed by atoms with Gasteiger partial charge < -0.3 is 11.1 Å². The van der Waals surface area contributed by atoms with Gasteiger partial charge in [-0.3, -0.25) is 0 Å². The number of nitrogens with two attached hydrogens (primary N) is 1. The van der Waals surface area contributed by atoms with Gasteiger partial charge in [0, 0.05) is 22.0 Å². The smallest absolute Gasteiger partial charge is 0.101 e. The Kier molecular flexibility index (Phi) is 3.75. The first kappa shape index (κ1) is 12.3. The molecule has 90 valence electrons. The summed E-state index contributed by atoms with van der Waals surface area (Å²) >= 11 is 1.69. The number of hydrogen-bond donors (Lipinski definition) is 2. The topological polar surface area (TPSA) is 61.8 Å². The molecule has 3 nitrogen and oxygen atoms in total. The quantitative estimate of drug-likeness (QED) is 0.649. The third kappa shape index (κ3) is 2.76. The van der Waals surface area contributed by atoms with Crippen molar-refractivity contribution in [2.24, 2.45) is 0 Å². The average Bonchev–Trinajstić information content (AvgIpc) is 2.41. The fourth-order valence-electron chi connectivity index (χ4n) is 1.60. The van der Waals surface area contributed by atoms with E-state index >= 15 is 0 Å². The van der Waals surface area contributed by atoms with Crippen molar-refractivity contribution in [2.75, 3.05) is 17.3 Å². The number of nitrogens with one attached hydrogen (secondary N) is 1. The first-order valence-corrected chi connectivity index (χ1v) is 6.66. The maximum absolute atomic E-state index is 8.93. The molecule has 0 saturated heterocycles. The number of anilines is 3. The van der Waals surface area contributed by atoms with Gasteiger partial charge in [0.1, 0.15) is 6.07 Å². The van der Waals surface area contributed by atoms with Crippen LogP contribution in [0.4, 0.5) is 17.1 Å². The lowest BCUT2D eigenvalue weighted by atomic mass is 10.1.